The van der Waals surface area contributed by atoms with E-state index in [0.29, 0.717) is 0 Å². The molecule has 2 aliphatic carbocycles. The molecule has 2 aromatic carbocycles. The van der Waals surface area contributed by atoms with E-state index in [1.165, 1.54) is 32.7 Å². The molecule has 84 valence electrons. The summed E-state index contributed by atoms with van der Waals surface area (Å²) in [5.74, 6) is 0. The van der Waals surface area contributed by atoms with Gasteiger partial charge < -0.3 is 0 Å². The van der Waals surface area contributed by atoms with Crippen molar-refractivity contribution in [2.24, 2.45) is 0 Å². The molecule has 0 saturated heterocycles. The fraction of sp³-hybridized carbons (Fsp3) is 0. The zero-order valence-electron chi connectivity index (χ0n) is 9.93. The van der Waals surface area contributed by atoms with Crippen LogP contribution >= 0.6 is 0 Å². The Morgan fingerprint density at radius 2 is 1.22 bits per heavy atom. The van der Waals surface area contributed by atoms with Gasteiger partial charge in [-0.25, -0.2) is 0 Å². The Hall–Kier alpha value is -2.34. The maximum Gasteiger partial charge on any atom is -0.00992 e. The van der Waals surface area contributed by atoms with Gasteiger partial charge in [0.1, 0.15) is 0 Å². The molecule has 0 heteroatoms. The summed E-state index contributed by atoms with van der Waals surface area (Å²) in [6.07, 6.45) is 0. The van der Waals surface area contributed by atoms with Crippen LogP contribution in [0.3, 0.4) is 0 Å². The van der Waals surface area contributed by atoms with Gasteiger partial charge in [0.15, 0.2) is 0 Å². The summed E-state index contributed by atoms with van der Waals surface area (Å²) in [5, 5.41) is 5.28. The van der Waals surface area contributed by atoms with E-state index in [0.717, 1.165) is 0 Å². The van der Waals surface area contributed by atoms with Crippen molar-refractivity contribution in [2.45, 2.75) is 0 Å². The number of benzene rings is 2. The monoisotopic (exact) mass is 228 g/mol. The molecule has 18 heavy (non-hydrogen) atoms. The zero-order chi connectivity index (χ0) is 11.9. The van der Waals surface area contributed by atoms with E-state index in [1.807, 2.05) is 0 Å². The minimum Gasteiger partial charge on any atom is -0.0616 e. The first-order chi connectivity index (χ1) is 8.93. The Bertz CT molecular complexity index is 827. The summed E-state index contributed by atoms with van der Waals surface area (Å²) in [6.45, 7) is 0. The number of hydrogen-bond donors (Lipinski definition) is 0. The van der Waals surface area contributed by atoms with Crippen LogP contribution in [0.25, 0.3) is 32.7 Å². The molecular weight excluding hydrogens is 216 g/mol. The Kier molecular flexibility index (Phi) is 1.92. The van der Waals surface area contributed by atoms with Gasteiger partial charge in [0.2, 0.25) is 0 Å². The average molecular weight is 228 g/mol. The van der Waals surface area contributed by atoms with Gasteiger partial charge in [-0.15, -0.1) is 0 Å². The van der Waals surface area contributed by atoms with E-state index >= 15 is 0 Å². The smallest absolute Gasteiger partial charge is 0.00992 e. The molecule has 0 bridgehead atoms. The molecule has 4 rings (SSSR count). The van der Waals surface area contributed by atoms with Crippen LogP contribution in [0.15, 0.2) is 72.8 Å². The summed E-state index contributed by atoms with van der Waals surface area (Å²) >= 11 is 0. The molecule has 0 aromatic heterocycles. The van der Waals surface area contributed by atoms with Crippen LogP contribution in [0.1, 0.15) is 0 Å². The molecule has 0 spiro atoms. The largest absolute Gasteiger partial charge is 0.0616 e. The first-order valence-corrected chi connectivity index (χ1v) is 6.23. The molecule has 0 unspecified atom stereocenters. The molecule has 0 nitrogen and oxygen atoms in total. The Morgan fingerprint density at radius 3 is 2.11 bits per heavy atom. The molecule has 0 aliphatic heterocycles. The van der Waals surface area contributed by atoms with E-state index in [-0.39, 0.29) is 0 Å². The van der Waals surface area contributed by atoms with Crippen LogP contribution in [-0.2, 0) is 0 Å². The van der Waals surface area contributed by atoms with Crippen molar-refractivity contribution in [1.82, 2.24) is 0 Å². The lowest BCUT2D eigenvalue weighted by Gasteiger charge is -1.98. The highest BCUT2D eigenvalue weighted by molar-refractivity contribution is 6.12. The van der Waals surface area contributed by atoms with E-state index in [4.69, 9.17) is 0 Å². The molecule has 2 aromatic rings. The minimum atomic E-state index is 1.30. The highest BCUT2D eigenvalue weighted by Gasteiger charge is 2.07. The van der Waals surface area contributed by atoms with Crippen molar-refractivity contribution in [3.8, 4) is 11.1 Å². The summed E-state index contributed by atoms with van der Waals surface area (Å²) in [4.78, 5) is 0. The second-order valence-electron chi connectivity index (χ2n) is 4.67. The summed E-state index contributed by atoms with van der Waals surface area (Å²) in [5.41, 5.74) is 2.65. The van der Waals surface area contributed by atoms with Crippen LogP contribution in [0, 0.1) is 0 Å². The van der Waals surface area contributed by atoms with E-state index < -0.39 is 0 Å². The van der Waals surface area contributed by atoms with Gasteiger partial charge in [0.25, 0.3) is 0 Å². The summed E-state index contributed by atoms with van der Waals surface area (Å²) in [6, 6.07) is 26.1. The van der Waals surface area contributed by atoms with Gasteiger partial charge in [-0.3, -0.25) is 0 Å². The van der Waals surface area contributed by atoms with Gasteiger partial charge in [0.05, 0.1) is 0 Å². The van der Waals surface area contributed by atoms with Gasteiger partial charge >= 0.3 is 0 Å². The molecule has 0 radical (unpaired) electrons. The second-order valence-corrected chi connectivity index (χ2v) is 4.67. The van der Waals surface area contributed by atoms with Crippen molar-refractivity contribution < 1.29 is 0 Å². The van der Waals surface area contributed by atoms with Crippen molar-refractivity contribution in [3.63, 3.8) is 0 Å². The molecular formula is C18H12. The fourth-order valence-electron chi connectivity index (χ4n) is 2.79. The zero-order valence-corrected chi connectivity index (χ0v) is 9.93. The van der Waals surface area contributed by atoms with Gasteiger partial charge in [-0.1, -0.05) is 66.7 Å². The lowest BCUT2D eigenvalue weighted by Crippen LogP contribution is -1.71. The standard InChI is InChI=1S/C18H12/c1-2-8-15-13(6-1)12-14-7-5-11-16(14)18-10-4-3-9-17(15)18/h1-12H. The van der Waals surface area contributed by atoms with Gasteiger partial charge in [-0.05, 0) is 38.7 Å². The molecule has 0 heterocycles. The molecule has 2 aliphatic rings. The Balaban J connectivity index is 2.40. The highest BCUT2D eigenvalue weighted by atomic mass is 14.1. The quantitative estimate of drug-likeness (QED) is 0.393. The third kappa shape index (κ3) is 1.26. The lowest BCUT2D eigenvalue weighted by atomic mass is 10.1. The molecule has 0 saturated carbocycles. The minimum absolute atomic E-state index is 1.30. The first kappa shape index (κ1) is 9.67. The number of rotatable bonds is 0. The van der Waals surface area contributed by atoms with Crippen molar-refractivity contribution in [3.05, 3.63) is 72.8 Å². The highest BCUT2D eigenvalue weighted by Crippen LogP contribution is 2.34. The van der Waals surface area contributed by atoms with Crippen molar-refractivity contribution in [1.29, 1.82) is 0 Å². The van der Waals surface area contributed by atoms with E-state index in [2.05, 4.69) is 72.8 Å². The predicted octanol–water partition coefficient (Wildman–Crippen LogP) is 5.10. The van der Waals surface area contributed by atoms with Crippen molar-refractivity contribution in [2.75, 3.05) is 0 Å². The Labute approximate surface area is 106 Å². The third-order valence-corrected chi connectivity index (χ3v) is 3.63. The van der Waals surface area contributed by atoms with E-state index in [9.17, 15) is 0 Å². The van der Waals surface area contributed by atoms with Crippen LogP contribution in [-0.4, -0.2) is 0 Å². The SMILES string of the molecule is c1cc2cc3ccccc3c3ccccc3c-2c1. The maximum atomic E-state index is 2.28. The fourth-order valence-corrected chi connectivity index (χ4v) is 2.79. The molecule has 0 fully saturated rings. The van der Waals surface area contributed by atoms with E-state index in [1.54, 1.807) is 0 Å². The lowest BCUT2D eigenvalue weighted by molar-refractivity contribution is 1.81. The first-order valence-electron chi connectivity index (χ1n) is 6.23. The number of fused-ring (bicyclic) bond motifs is 5. The van der Waals surface area contributed by atoms with Crippen molar-refractivity contribution >= 4 is 21.5 Å². The van der Waals surface area contributed by atoms with Crippen LogP contribution < -0.4 is 0 Å². The average Bonchev–Trinajstić information content (AvgIpc) is 2.83. The van der Waals surface area contributed by atoms with Gasteiger partial charge in [0, 0.05) is 0 Å². The molecule has 0 amide bonds. The predicted molar refractivity (Wildman–Crippen MR) is 78.1 cm³/mol. The normalized spacial score (nSPS) is 11.3. The Morgan fingerprint density at radius 1 is 0.500 bits per heavy atom. The third-order valence-electron chi connectivity index (χ3n) is 3.63. The second kappa shape index (κ2) is 3.58. The summed E-state index contributed by atoms with van der Waals surface area (Å²) in [7, 11) is 0. The van der Waals surface area contributed by atoms with Crippen LogP contribution in [0.4, 0.5) is 0 Å². The topological polar surface area (TPSA) is 0 Å². The van der Waals surface area contributed by atoms with Gasteiger partial charge in [-0.2, -0.15) is 0 Å². The maximum absolute atomic E-state index is 2.28. The van der Waals surface area contributed by atoms with Crippen LogP contribution in [0.5, 0.6) is 0 Å². The van der Waals surface area contributed by atoms with Crippen LogP contribution in [0.2, 0.25) is 0 Å². The molecule has 0 N–H and O–H groups in total. The molecule has 0 atom stereocenters. The number of hydrogen-bond acceptors (Lipinski definition) is 0. The summed E-state index contributed by atoms with van der Waals surface area (Å²) < 4.78 is 0.